The maximum absolute atomic E-state index is 12.2. The number of rotatable bonds is 7. The zero-order valence-corrected chi connectivity index (χ0v) is 12.3. The van der Waals surface area contributed by atoms with E-state index < -0.39 is 6.10 Å². The number of amidine groups is 1. The number of amides is 1. The van der Waals surface area contributed by atoms with E-state index in [1.54, 1.807) is 37.3 Å². The third kappa shape index (κ3) is 4.06. The monoisotopic (exact) mass is 305 g/mol. The van der Waals surface area contributed by atoms with E-state index in [0.717, 1.165) is 5.56 Å². The number of nitrogens with one attached hydrogen (secondary N) is 2. The molecular formula is C15H19N3O4. The molecule has 0 aliphatic carbocycles. The van der Waals surface area contributed by atoms with Crippen LogP contribution in [0.25, 0.3) is 0 Å². The van der Waals surface area contributed by atoms with E-state index >= 15 is 0 Å². The maximum atomic E-state index is 12.2. The SMILES string of the molecule is CCOC(C(=O)NCc1ccc(C(=N)N)cc1)C1=CCOO1. The predicted molar refractivity (Wildman–Crippen MR) is 79.8 cm³/mol. The van der Waals surface area contributed by atoms with Crippen molar-refractivity contribution in [2.75, 3.05) is 13.2 Å². The van der Waals surface area contributed by atoms with Crippen LogP contribution in [0.3, 0.4) is 0 Å². The lowest BCUT2D eigenvalue weighted by Gasteiger charge is -2.16. The number of benzene rings is 1. The van der Waals surface area contributed by atoms with Gasteiger partial charge in [-0.2, -0.15) is 4.89 Å². The topological polar surface area (TPSA) is 107 Å². The minimum Gasteiger partial charge on any atom is -0.384 e. The van der Waals surface area contributed by atoms with Crippen LogP contribution in [0.15, 0.2) is 36.1 Å². The molecule has 1 amide bonds. The molecule has 1 unspecified atom stereocenters. The number of hydrogen-bond donors (Lipinski definition) is 3. The third-order valence-corrected chi connectivity index (χ3v) is 3.07. The fraction of sp³-hybridized carbons (Fsp3) is 0.333. The standard InChI is InChI=1S/C15H19N3O4/c1-2-20-13(12-7-8-21-22-12)15(19)18-9-10-3-5-11(6-4-10)14(16)17/h3-7,13H,2,8-9H2,1H3,(H3,16,17)(H,18,19). The fourth-order valence-corrected chi connectivity index (χ4v) is 1.94. The summed E-state index contributed by atoms with van der Waals surface area (Å²) in [6.07, 6.45) is 0.852. The first-order valence-electron chi connectivity index (χ1n) is 6.94. The number of ether oxygens (including phenoxy) is 1. The van der Waals surface area contributed by atoms with Gasteiger partial charge in [0.2, 0.25) is 0 Å². The van der Waals surface area contributed by atoms with Gasteiger partial charge in [-0.3, -0.25) is 10.2 Å². The van der Waals surface area contributed by atoms with Crippen LogP contribution in [0.5, 0.6) is 0 Å². The highest BCUT2D eigenvalue weighted by Crippen LogP contribution is 2.15. The van der Waals surface area contributed by atoms with Crippen LogP contribution in [-0.4, -0.2) is 31.1 Å². The van der Waals surface area contributed by atoms with Gasteiger partial charge in [-0.15, -0.1) is 0 Å². The lowest BCUT2D eigenvalue weighted by Crippen LogP contribution is -2.37. The molecule has 0 saturated carbocycles. The molecule has 1 aromatic carbocycles. The highest BCUT2D eigenvalue weighted by atomic mass is 17.2. The van der Waals surface area contributed by atoms with Crippen molar-refractivity contribution in [2.24, 2.45) is 5.73 Å². The third-order valence-electron chi connectivity index (χ3n) is 3.07. The second-order valence-corrected chi connectivity index (χ2v) is 4.64. The van der Waals surface area contributed by atoms with Crippen molar-refractivity contribution >= 4 is 11.7 Å². The van der Waals surface area contributed by atoms with Crippen LogP contribution in [0, 0.1) is 5.41 Å². The summed E-state index contributed by atoms with van der Waals surface area (Å²) >= 11 is 0. The van der Waals surface area contributed by atoms with Crippen molar-refractivity contribution < 1.29 is 19.3 Å². The average Bonchev–Trinajstić information content (AvgIpc) is 3.04. The van der Waals surface area contributed by atoms with Gasteiger partial charge in [-0.25, -0.2) is 0 Å². The molecule has 0 bridgehead atoms. The van der Waals surface area contributed by atoms with Gasteiger partial charge in [0.05, 0.1) is 0 Å². The van der Waals surface area contributed by atoms with E-state index in [0.29, 0.717) is 31.1 Å². The molecule has 0 spiro atoms. The summed E-state index contributed by atoms with van der Waals surface area (Å²) in [7, 11) is 0. The molecule has 118 valence electrons. The first-order valence-corrected chi connectivity index (χ1v) is 6.94. The number of carbonyl (C=O) groups is 1. The van der Waals surface area contributed by atoms with Gasteiger partial charge in [0.15, 0.2) is 11.9 Å². The average molecular weight is 305 g/mol. The van der Waals surface area contributed by atoms with Crippen LogP contribution in [-0.2, 0) is 25.9 Å². The van der Waals surface area contributed by atoms with E-state index in [1.165, 1.54) is 0 Å². The summed E-state index contributed by atoms with van der Waals surface area (Å²) in [6.45, 7) is 2.83. The summed E-state index contributed by atoms with van der Waals surface area (Å²) in [5.41, 5.74) is 6.93. The number of nitrogen functional groups attached to an aromatic ring is 1. The van der Waals surface area contributed by atoms with E-state index in [1.807, 2.05) is 0 Å². The van der Waals surface area contributed by atoms with E-state index in [2.05, 4.69) is 5.32 Å². The minimum atomic E-state index is -0.816. The second-order valence-electron chi connectivity index (χ2n) is 4.64. The number of hydrogen-bond acceptors (Lipinski definition) is 5. The molecule has 1 aromatic rings. The van der Waals surface area contributed by atoms with Crippen molar-refractivity contribution in [3.05, 3.63) is 47.2 Å². The van der Waals surface area contributed by atoms with Crippen LogP contribution < -0.4 is 11.1 Å². The summed E-state index contributed by atoms with van der Waals surface area (Å²) in [5, 5.41) is 10.1. The van der Waals surface area contributed by atoms with Gasteiger partial charge < -0.3 is 20.7 Å². The van der Waals surface area contributed by atoms with E-state index in [4.69, 9.17) is 25.7 Å². The molecule has 0 aromatic heterocycles. The molecular weight excluding hydrogens is 286 g/mol. The smallest absolute Gasteiger partial charge is 0.257 e. The predicted octanol–water partition coefficient (Wildman–Crippen LogP) is 0.838. The molecule has 1 heterocycles. The minimum absolute atomic E-state index is 0.0114. The Morgan fingerprint density at radius 3 is 2.73 bits per heavy atom. The highest BCUT2D eigenvalue weighted by Gasteiger charge is 2.28. The molecule has 1 aliphatic rings. The van der Waals surface area contributed by atoms with Crippen molar-refractivity contribution in [3.8, 4) is 0 Å². The van der Waals surface area contributed by atoms with Crippen molar-refractivity contribution in [1.29, 1.82) is 5.41 Å². The van der Waals surface area contributed by atoms with Gasteiger partial charge in [-0.1, -0.05) is 24.3 Å². The lowest BCUT2D eigenvalue weighted by atomic mass is 10.1. The number of carbonyl (C=O) groups excluding carboxylic acids is 1. The Morgan fingerprint density at radius 2 is 2.18 bits per heavy atom. The van der Waals surface area contributed by atoms with Crippen LogP contribution in [0.4, 0.5) is 0 Å². The normalized spacial score (nSPS) is 14.9. The molecule has 7 heteroatoms. The van der Waals surface area contributed by atoms with Crippen molar-refractivity contribution in [2.45, 2.75) is 19.6 Å². The van der Waals surface area contributed by atoms with Crippen LogP contribution in [0.1, 0.15) is 18.1 Å². The Kier molecular flexibility index (Phi) is 5.51. The van der Waals surface area contributed by atoms with Gasteiger partial charge in [-0.05, 0) is 18.6 Å². The van der Waals surface area contributed by atoms with E-state index in [9.17, 15) is 4.79 Å². The lowest BCUT2D eigenvalue weighted by molar-refractivity contribution is -0.244. The quantitative estimate of drug-likeness (QED) is 0.393. The van der Waals surface area contributed by atoms with Crippen molar-refractivity contribution in [3.63, 3.8) is 0 Å². The van der Waals surface area contributed by atoms with Crippen LogP contribution in [0.2, 0.25) is 0 Å². The molecule has 4 N–H and O–H groups in total. The molecule has 0 fully saturated rings. The first-order chi connectivity index (χ1) is 10.6. The zero-order valence-electron chi connectivity index (χ0n) is 12.3. The van der Waals surface area contributed by atoms with Crippen molar-refractivity contribution in [1.82, 2.24) is 5.32 Å². The second kappa shape index (κ2) is 7.58. The Balaban J connectivity index is 1.93. The van der Waals surface area contributed by atoms with Gasteiger partial charge in [0.25, 0.3) is 5.91 Å². The zero-order chi connectivity index (χ0) is 15.9. The Labute approximate surface area is 128 Å². The molecule has 22 heavy (non-hydrogen) atoms. The van der Waals surface area contributed by atoms with E-state index in [-0.39, 0.29) is 11.7 Å². The summed E-state index contributed by atoms with van der Waals surface area (Å²) in [6, 6.07) is 7.09. The fourth-order valence-electron chi connectivity index (χ4n) is 1.94. The Morgan fingerprint density at radius 1 is 1.45 bits per heavy atom. The first kappa shape index (κ1) is 16.0. The largest absolute Gasteiger partial charge is 0.384 e. The highest BCUT2D eigenvalue weighted by molar-refractivity contribution is 5.94. The summed E-state index contributed by atoms with van der Waals surface area (Å²) < 4.78 is 5.40. The summed E-state index contributed by atoms with van der Waals surface area (Å²) in [4.78, 5) is 21.9. The van der Waals surface area contributed by atoms with Gasteiger partial charge >= 0.3 is 0 Å². The molecule has 0 saturated heterocycles. The van der Waals surface area contributed by atoms with Gasteiger partial charge in [0, 0.05) is 18.7 Å². The Bertz CT molecular complexity index is 569. The Hall–Kier alpha value is -2.38. The molecule has 1 aliphatic heterocycles. The molecule has 1 atom stereocenters. The number of nitrogens with two attached hydrogens (primary N) is 1. The van der Waals surface area contributed by atoms with Crippen LogP contribution >= 0.6 is 0 Å². The molecule has 2 rings (SSSR count). The maximum Gasteiger partial charge on any atom is 0.257 e. The van der Waals surface area contributed by atoms with Gasteiger partial charge in [0.1, 0.15) is 12.4 Å². The molecule has 7 nitrogen and oxygen atoms in total. The molecule has 0 radical (unpaired) electrons. The summed E-state index contributed by atoms with van der Waals surface area (Å²) in [5.74, 6) is 0.0813.